The number of hydrogen-bond acceptors (Lipinski definition) is 9. The molecule has 62 heavy (non-hydrogen) atoms. The number of aromatic nitrogens is 10. The molecule has 10 aromatic rings. The number of benzene rings is 4. The molecule has 0 atom stereocenters. The number of nitrogens with one attached hydrogen (secondary N) is 3. The fraction of sp³-hybridized carbons (Fsp3) is 0.191. The zero-order chi connectivity index (χ0) is 41.7. The Morgan fingerprint density at radius 3 is 1.63 bits per heavy atom. The van der Waals surface area contributed by atoms with E-state index >= 15 is 0 Å². The van der Waals surface area contributed by atoms with Gasteiger partial charge in [0.05, 0.1) is 58.3 Å². The van der Waals surface area contributed by atoms with Crippen LogP contribution in [0.3, 0.4) is 0 Å². The molecule has 6 heterocycles. The number of ether oxygens (including phenoxy) is 1. The molecule has 0 amide bonds. The maximum Gasteiger partial charge on any atom is 0.323 e. The lowest BCUT2D eigenvalue weighted by molar-refractivity contribution is 0.317. The minimum absolute atomic E-state index is 0. The van der Waals surface area contributed by atoms with E-state index in [1.807, 2.05) is 113 Å². The number of rotatable bonds is 8. The number of fused-ring (bicyclic) bond motifs is 2. The Kier molecular flexibility index (Phi) is 11.9. The van der Waals surface area contributed by atoms with Crippen molar-refractivity contribution in [1.29, 1.82) is 0 Å². The maximum atomic E-state index is 12.1. The van der Waals surface area contributed by atoms with Crippen LogP contribution < -0.4 is 10.4 Å². The van der Waals surface area contributed by atoms with Gasteiger partial charge >= 0.3 is 5.69 Å². The quantitative estimate of drug-likeness (QED) is 0.134. The molecular weight excluding hydrogens is 804 g/mol. The van der Waals surface area contributed by atoms with Gasteiger partial charge in [0.2, 0.25) is 0 Å². The molecule has 6 aromatic heterocycles. The standard InChI is InChI=1S/C24H23N5O2.C22H19N5O2.CH4.ClH/c1-5-30-24-26-20-12-17(21-14(2)28-31-15(21)3)11-18(22(20)27-24)23-19(13-25-29(23)4)16-9-7-6-8-10-16;1-12-19(13(2)29-26-12)15-9-16(20-18(10-15)24-22(28)25-20)21-17(11-23-27(21)3)14-7-5-4-6-8-14;;/h6-13H,5H2,1-4H3,(H,26,27);4-11H,1-3H3,(H2,24,25,28);1H4;1H. The van der Waals surface area contributed by atoms with Crippen molar-refractivity contribution >= 4 is 34.5 Å². The van der Waals surface area contributed by atoms with Crippen LogP contribution >= 0.6 is 12.4 Å². The molecule has 4 aromatic carbocycles. The Morgan fingerprint density at radius 2 is 1.13 bits per heavy atom. The summed E-state index contributed by atoms with van der Waals surface area (Å²) in [7, 11) is 3.85. The SMILES string of the molecule is C.CCOc1nc2c(-c3c(-c4ccccc4)cnn3C)cc(-c3c(C)noc3C)cc2[nH]1.Cc1noc(C)c1-c1cc(-c2c(-c3ccccc3)cnn2C)c2[nH]c(=O)[nH]c2c1.Cl. The third-order valence-electron chi connectivity index (χ3n) is 10.7. The van der Waals surface area contributed by atoms with Crippen LogP contribution in [0.2, 0.25) is 0 Å². The summed E-state index contributed by atoms with van der Waals surface area (Å²) in [6.07, 6.45) is 3.75. The second kappa shape index (κ2) is 17.3. The molecule has 10 rings (SSSR count). The van der Waals surface area contributed by atoms with E-state index in [9.17, 15) is 4.79 Å². The Bertz CT molecular complexity index is 3180. The smallest absolute Gasteiger partial charge is 0.323 e. The predicted molar refractivity (Wildman–Crippen MR) is 245 cm³/mol. The minimum Gasteiger partial charge on any atom is -0.465 e. The van der Waals surface area contributed by atoms with Crippen molar-refractivity contribution in [2.75, 3.05) is 6.61 Å². The third kappa shape index (κ3) is 7.60. The number of nitrogens with zero attached hydrogens (tertiary/aromatic N) is 7. The number of halogens is 1. The van der Waals surface area contributed by atoms with Crippen LogP contribution in [0, 0.1) is 27.7 Å². The Labute approximate surface area is 363 Å². The summed E-state index contributed by atoms with van der Waals surface area (Å²) in [6.45, 7) is 10.2. The molecule has 0 radical (unpaired) electrons. The van der Waals surface area contributed by atoms with E-state index in [0.29, 0.717) is 12.6 Å². The molecule has 0 aliphatic carbocycles. The topological polar surface area (TPSA) is 174 Å². The summed E-state index contributed by atoms with van der Waals surface area (Å²) in [6, 6.07) is 29.0. The highest BCUT2D eigenvalue weighted by Gasteiger charge is 2.23. The predicted octanol–water partition coefficient (Wildman–Crippen LogP) is 10.6. The van der Waals surface area contributed by atoms with E-state index in [1.165, 1.54) is 0 Å². The van der Waals surface area contributed by atoms with Crippen LogP contribution in [0.4, 0.5) is 0 Å². The van der Waals surface area contributed by atoms with Crippen molar-refractivity contribution in [1.82, 2.24) is 49.8 Å². The molecule has 0 bridgehead atoms. The number of imidazole rings is 2. The molecule has 0 unspecified atom stereocenters. The first kappa shape index (κ1) is 42.7. The lowest BCUT2D eigenvalue weighted by Gasteiger charge is -2.11. The lowest BCUT2D eigenvalue weighted by atomic mass is 9.96. The van der Waals surface area contributed by atoms with Gasteiger partial charge in [-0.15, -0.1) is 12.4 Å². The Balaban J connectivity index is 0.000000181. The largest absolute Gasteiger partial charge is 0.465 e. The van der Waals surface area contributed by atoms with E-state index in [2.05, 4.69) is 77.9 Å². The molecule has 316 valence electrons. The summed E-state index contributed by atoms with van der Waals surface area (Å²) in [5.41, 5.74) is 16.4. The number of H-pyrrole nitrogens is 3. The molecule has 0 fully saturated rings. The summed E-state index contributed by atoms with van der Waals surface area (Å²) >= 11 is 0. The van der Waals surface area contributed by atoms with Crippen LogP contribution in [0.15, 0.2) is 111 Å². The molecule has 0 saturated carbocycles. The number of hydrogen-bond donors (Lipinski definition) is 3. The second-order valence-electron chi connectivity index (χ2n) is 14.6. The van der Waals surface area contributed by atoms with Crippen molar-refractivity contribution < 1.29 is 13.8 Å². The summed E-state index contributed by atoms with van der Waals surface area (Å²) < 4.78 is 20.2. The van der Waals surface area contributed by atoms with Gasteiger partial charge in [-0.05, 0) is 81.1 Å². The van der Waals surface area contributed by atoms with Crippen LogP contribution in [-0.2, 0) is 14.1 Å². The van der Waals surface area contributed by atoms with Gasteiger partial charge in [-0.2, -0.15) is 15.2 Å². The van der Waals surface area contributed by atoms with Gasteiger partial charge in [-0.1, -0.05) is 78.4 Å². The van der Waals surface area contributed by atoms with Crippen molar-refractivity contribution in [2.24, 2.45) is 14.1 Å². The molecule has 3 N–H and O–H groups in total. The van der Waals surface area contributed by atoms with Gasteiger partial charge in [-0.25, -0.2) is 4.79 Å². The fourth-order valence-electron chi connectivity index (χ4n) is 8.06. The van der Waals surface area contributed by atoms with Crippen LogP contribution in [0.5, 0.6) is 6.01 Å². The monoisotopic (exact) mass is 850 g/mol. The van der Waals surface area contributed by atoms with E-state index in [1.54, 1.807) is 0 Å². The molecule has 0 aliphatic rings. The third-order valence-corrected chi connectivity index (χ3v) is 10.7. The summed E-state index contributed by atoms with van der Waals surface area (Å²) in [5.74, 6) is 1.51. The van der Waals surface area contributed by atoms with E-state index in [0.717, 1.165) is 112 Å². The summed E-state index contributed by atoms with van der Waals surface area (Å²) in [4.78, 5) is 26.0. The van der Waals surface area contributed by atoms with Gasteiger partial charge in [0.1, 0.15) is 17.0 Å². The first-order valence-electron chi connectivity index (χ1n) is 19.5. The highest BCUT2D eigenvalue weighted by Crippen LogP contribution is 2.41. The van der Waals surface area contributed by atoms with Gasteiger partial charge < -0.3 is 28.7 Å². The lowest BCUT2D eigenvalue weighted by Crippen LogP contribution is -2.00. The highest BCUT2D eigenvalue weighted by atomic mass is 35.5. The molecule has 0 saturated heterocycles. The second-order valence-corrected chi connectivity index (χ2v) is 14.6. The van der Waals surface area contributed by atoms with Gasteiger partial charge in [0.25, 0.3) is 6.01 Å². The van der Waals surface area contributed by atoms with E-state index in [-0.39, 0.29) is 25.5 Å². The van der Waals surface area contributed by atoms with Gasteiger partial charge in [0.15, 0.2) is 0 Å². The zero-order valence-corrected chi connectivity index (χ0v) is 35.4. The maximum absolute atomic E-state index is 12.1. The zero-order valence-electron chi connectivity index (χ0n) is 34.6. The molecule has 0 aliphatic heterocycles. The molecular formula is C47H47ClN10O4. The first-order valence-corrected chi connectivity index (χ1v) is 19.5. The van der Waals surface area contributed by atoms with Crippen LogP contribution in [0.25, 0.3) is 89.1 Å². The number of aryl methyl sites for hydroxylation is 6. The minimum atomic E-state index is -0.249. The fourth-order valence-corrected chi connectivity index (χ4v) is 8.06. The van der Waals surface area contributed by atoms with Crippen molar-refractivity contribution in [3.05, 3.63) is 131 Å². The van der Waals surface area contributed by atoms with Crippen molar-refractivity contribution in [3.8, 4) is 73.0 Å². The average molecular weight is 851 g/mol. The van der Waals surface area contributed by atoms with Gasteiger partial charge in [0, 0.05) is 47.5 Å². The highest BCUT2D eigenvalue weighted by molar-refractivity contribution is 6.00. The Morgan fingerprint density at radius 1 is 0.629 bits per heavy atom. The van der Waals surface area contributed by atoms with Crippen LogP contribution in [0.1, 0.15) is 37.3 Å². The number of aromatic amines is 3. The van der Waals surface area contributed by atoms with E-state index < -0.39 is 0 Å². The molecule has 15 heteroatoms. The van der Waals surface area contributed by atoms with Crippen molar-refractivity contribution in [2.45, 2.75) is 42.0 Å². The van der Waals surface area contributed by atoms with Crippen LogP contribution in [-0.4, -0.2) is 56.4 Å². The van der Waals surface area contributed by atoms with Gasteiger partial charge in [-0.3, -0.25) is 9.36 Å². The van der Waals surface area contributed by atoms with E-state index in [4.69, 9.17) is 18.8 Å². The summed E-state index contributed by atoms with van der Waals surface area (Å²) in [5, 5.41) is 17.3. The average Bonchev–Trinajstić information content (AvgIpc) is 4.11. The normalized spacial score (nSPS) is 11.0. The molecule has 0 spiro atoms. The first-order chi connectivity index (χ1) is 29.1. The molecule has 14 nitrogen and oxygen atoms in total. The van der Waals surface area contributed by atoms with Crippen molar-refractivity contribution in [3.63, 3.8) is 0 Å². The Hall–Kier alpha value is -7.45.